The third-order valence-electron chi connectivity index (χ3n) is 1.86. The zero-order valence-corrected chi connectivity index (χ0v) is 9.56. The van der Waals surface area contributed by atoms with E-state index in [0.29, 0.717) is 6.04 Å². The van der Waals surface area contributed by atoms with Crippen LogP contribution >= 0.6 is 15.9 Å². The van der Waals surface area contributed by atoms with Gasteiger partial charge in [-0.05, 0) is 47.5 Å². The Balaban J connectivity index is 2.83. The van der Waals surface area contributed by atoms with Gasteiger partial charge in [-0.15, -0.1) is 6.58 Å². The largest absolute Gasteiger partial charge is 0.378 e. The Morgan fingerprint density at radius 1 is 1.54 bits per heavy atom. The summed E-state index contributed by atoms with van der Waals surface area (Å²) in [5.41, 5.74) is 2.36. The van der Waals surface area contributed by atoms with E-state index in [-0.39, 0.29) is 0 Å². The van der Waals surface area contributed by atoms with E-state index in [1.54, 1.807) is 0 Å². The molecule has 0 heterocycles. The van der Waals surface area contributed by atoms with Crippen molar-refractivity contribution < 1.29 is 0 Å². The van der Waals surface area contributed by atoms with Crippen LogP contribution in [0.5, 0.6) is 0 Å². The summed E-state index contributed by atoms with van der Waals surface area (Å²) in [6.45, 7) is 7.87. The molecule has 1 aromatic rings. The molecule has 2 heteroatoms. The van der Waals surface area contributed by atoms with E-state index < -0.39 is 0 Å². The molecule has 1 aromatic carbocycles. The summed E-state index contributed by atoms with van der Waals surface area (Å²) in [7, 11) is 0. The van der Waals surface area contributed by atoms with Crippen molar-refractivity contribution in [1.29, 1.82) is 0 Å². The number of aryl methyl sites for hydroxylation is 1. The molecule has 0 amide bonds. The fourth-order valence-electron chi connectivity index (χ4n) is 1.04. The van der Waals surface area contributed by atoms with E-state index >= 15 is 0 Å². The summed E-state index contributed by atoms with van der Waals surface area (Å²) < 4.78 is 1.10. The van der Waals surface area contributed by atoms with Crippen LogP contribution in [0.2, 0.25) is 0 Å². The van der Waals surface area contributed by atoms with Gasteiger partial charge in [-0.1, -0.05) is 12.1 Å². The molecule has 1 N–H and O–H groups in total. The van der Waals surface area contributed by atoms with Crippen molar-refractivity contribution in [2.24, 2.45) is 0 Å². The normalized spacial score (nSPS) is 12.2. The SMILES string of the molecule is C=CC(C)Nc1ccc(C)cc1Br. The van der Waals surface area contributed by atoms with Crippen molar-refractivity contribution in [2.75, 3.05) is 5.32 Å². The maximum absolute atomic E-state index is 3.73. The van der Waals surface area contributed by atoms with Crippen LogP contribution in [0.4, 0.5) is 5.69 Å². The van der Waals surface area contributed by atoms with Gasteiger partial charge in [0.1, 0.15) is 0 Å². The minimum atomic E-state index is 0.291. The van der Waals surface area contributed by atoms with E-state index in [1.807, 2.05) is 6.08 Å². The highest BCUT2D eigenvalue weighted by atomic mass is 79.9. The van der Waals surface area contributed by atoms with Gasteiger partial charge in [0.05, 0.1) is 0 Å². The molecule has 0 aliphatic carbocycles. The van der Waals surface area contributed by atoms with E-state index in [9.17, 15) is 0 Å². The van der Waals surface area contributed by atoms with Gasteiger partial charge in [0, 0.05) is 16.2 Å². The number of anilines is 1. The Labute approximate surface area is 88.0 Å². The summed E-state index contributed by atoms with van der Waals surface area (Å²) in [6.07, 6.45) is 1.88. The topological polar surface area (TPSA) is 12.0 Å². The molecule has 1 nitrogen and oxygen atoms in total. The third kappa shape index (κ3) is 2.88. The van der Waals surface area contributed by atoms with Crippen LogP contribution in [0.25, 0.3) is 0 Å². The lowest BCUT2D eigenvalue weighted by Crippen LogP contribution is -2.11. The lowest BCUT2D eigenvalue weighted by molar-refractivity contribution is 0.999. The highest BCUT2D eigenvalue weighted by Gasteiger charge is 2.01. The second kappa shape index (κ2) is 4.47. The smallest absolute Gasteiger partial charge is 0.0489 e. The van der Waals surface area contributed by atoms with Gasteiger partial charge < -0.3 is 5.32 Å². The van der Waals surface area contributed by atoms with Gasteiger partial charge in [0.2, 0.25) is 0 Å². The van der Waals surface area contributed by atoms with E-state index in [4.69, 9.17) is 0 Å². The molecule has 0 aliphatic heterocycles. The molecular weight excluding hydrogens is 226 g/mol. The molecule has 0 saturated carbocycles. The average Bonchev–Trinajstić information content (AvgIpc) is 2.09. The predicted octanol–water partition coefficient (Wildman–Crippen LogP) is 3.74. The van der Waals surface area contributed by atoms with Gasteiger partial charge >= 0.3 is 0 Å². The predicted molar refractivity (Wildman–Crippen MR) is 62.2 cm³/mol. The van der Waals surface area contributed by atoms with Crippen LogP contribution in [-0.2, 0) is 0 Å². The summed E-state index contributed by atoms with van der Waals surface area (Å²) in [5, 5.41) is 3.32. The first kappa shape index (κ1) is 10.3. The van der Waals surface area contributed by atoms with Crippen LogP contribution in [0.1, 0.15) is 12.5 Å². The van der Waals surface area contributed by atoms with Crippen molar-refractivity contribution in [3.8, 4) is 0 Å². The van der Waals surface area contributed by atoms with Crippen molar-refractivity contribution in [3.63, 3.8) is 0 Å². The average molecular weight is 240 g/mol. The molecule has 0 saturated heterocycles. The molecule has 0 bridgehead atoms. The Morgan fingerprint density at radius 2 is 2.23 bits per heavy atom. The Kier molecular flexibility index (Phi) is 3.55. The van der Waals surface area contributed by atoms with Crippen molar-refractivity contribution in [3.05, 3.63) is 40.9 Å². The molecule has 13 heavy (non-hydrogen) atoms. The Morgan fingerprint density at radius 3 is 2.77 bits per heavy atom. The summed E-state index contributed by atoms with van der Waals surface area (Å²) in [4.78, 5) is 0. The minimum Gasteiger partial charge on any atom is -0.378 e. The van der Waals surface area contributed by atoms with Crippen LogP contribution in [-0.4, -0.2) is 6.04 Å². The molecule has 0 fully saturated rings. The monoisotopic (exact) mass is 239 g/mol. The number of halogens is 1. The van der Waals surface area contributed by atoms with E-state index in [1.165, 1.54) is 5.56 Å². The fourth-order valence-corrected chi connectivity index (χ4v) is 1.65. The molecule has 0 aromatic heterocycles. The quantitative estimate of drug-likeness (QED) is 0.793. The van der Waals surface area contributed by atoms with Gasteiger partial charge in [0.25, 0.3) is 0 Å². The molecule has 1 rings (SSSR count). The summed E-state index contributed by atoms with van der Waals surface area (Å²) in [5.74, 6) is 0. The van der Waals surface area contributed by atoms with Crippen LogP contribution in [0.15, 0.2) is 35.3 Å². The number of nitrogens with one attached hydrogen (secondary N) is 1. The van der Waals surface area contributed by atoms with Gasteiger partial charge in [-0.3, -0.25) is 0 Å². The second-order valence-electron chi connectivity index (χ2n) is 3.15. The summed E-state index contributed by atoms with van der Waals surface area (Å²) in [6, 6.07) is 6.54. The highest BCUT2D eigenvalue weighted by Crippen LogP contribution is 2.23. The lowest BCUT2D eigenvalue weighted by Gasteiger charge is -2.12. The molecule has 0 spiro atoms. The molecule has 0 aliphatic rings. The number of hydrogen-bond acceptors (Lipinski definition) is 1. The number of benzene rings is 1. The highest BCUT2D eigenvalue weighted by molar-refractivity contribution is 9.10. The first-order valence-corrected chi connectivity index (χ1v) is 5.08. The van der Waals surface area contributed by atoms with Crippen molar-refractivity contribution in [2.45, 2.75) is 19.9 Å². The van der Waals surface area contributed by atoms with Gasteiger partial charge in [0.15, 0.2) is 0 Å². The zero-order valence-electron chi connectivity index (χ0n) is 7.97. The third-order valence-corrected chi connectivity index (χ3v) is 2.52. The molecule has 1 atom stereocenters. The first-order valence-electron chi connectivity index (χ1n) is 4.28. The summed E-state index contributed by atoms with van der Waals surface area (Å²) >= 11 is 3.51. The minimum absolute atomic E-state index is 0.291. The molecular formula is C11H14BrN. The fraction of sp³-hybridized carbons (Fsp3) is 0.273. The zero-order chi connectivity index (χ0) is 9.84. The van der Waals surface area contributed by atoms with Gasteiger partial charge in [-0.2, -0.15) is 0 Å². The van der Waals surface area contributed by atoms with Crippen LogP contribution in [0.3, 0.4) is 0 Å². The molecule has 0 radical (unpaired) electrons. The molecule has 1 unspecified atom stereocenters. The van der Waals surface area contributed by atoms with Crippen LogP contribution < -0.4 is 5.32 Å². The lowest BCUT2D eigenvalue weighted by atomic mass is 10.2. The Hall–Kier alpha value is -0.760. The van der Waals surface area contributed by atoms with Crippen molar-refractivity contribution in [1.82, 2.24) is 0 Å². The van der Waals surface area contributed by atoms with E-state index in [0.717, 1.165) is 10.2 Å². The number of hydrogen-bond donors (Lipinski definition) is 1. The number of rotatable bonds is 3. The Bertz CT molecular complexity index is 307. The van der Waals surface area contributed by atoms with Crippen molar-refractivity contribution >= 4 is 21.6 Å². The maximum Gasteiger partial charge on any atom is 0.0489 e. The van der Waals surface area contributed by atoms with Crippen LogP contribution in [0, 0.1) is 6.92 Å². The maximum atomic E-state index is 3.73. The standard InChI is InChI=1S/C11H14BrN/c1-4-9(3)13-11-6-5-8(2)7-10(11)12/h4-7,9,13H,1H2,2-3H3. The van der Waals surface area contributed by atoms with E-state index in [2.05, 4.69) is 59.9 Å². The van der Waals surface area contributed by atoms with Gasteiger partial charge in [-0.25, -0.2) is 0 Å². The molecule has 70 valence electrons. The first-order chi connectivity index (χ1) is 6.13. The second-order valence-corrected chi connectivity index (χ2v) is 4.01.